The van der Waals surface area contributed by atoms with Crippen molar-refractivity contribution in [2.45, 2.75) is 19.3 Å². The number of nitrogens with zero attached hydrogens (tertiary/aromatic N) is 2. The number of aromatic nitrogens is 2. The van der Waals surface area contributed by atoms with Crippen molar-refractivity contribution < 1.29 is 4.79 Å². The summed E-state index contributed by atoms with van der Waals surface area (Å²) in [5, 5.41) is 5.19. The summed E-state index contributed by atoms with van der Waals surface area (Å²) < 4.78 is 1.72. The van der Waals surface area contributed by atoms with Crippen molar-refractivity contribution in [3.05, 3.63) is 46.2 Å². The Morgan fingerprint density at radius 1 is 1.24 bits per heavy atom. The standard InChI is InChI=1S/C13H11ClN2O/c14-9-4-6-10(7-5-9)16-13(8-17)11-2-1-3-12(11)15-16/h4-8H,1-3H2. The van der Waals surface area contributed by atoms with Crippen LogP contribution in [0.15, 0.2) is 24.3 Å². The van der Waals surface area contributed by atoms with Gasteiger partial charge in [-0.25, -0.2) is 4.68 Å². The zero-order valence-electron chi connectivity index (χ0n) is 9.19. The molecule has 2 aromatic rings. The first kappa shape index (κ1) is 10.5. The Hall–Kier alpha value is -1.61. The van der Waals surface area contributed by atoms with Crippen molar-refractivity contribution in [1.29, 1.82) is 0 Å². The zero-order valence-corrected chi connectivity index (χ0v) is 9.94. The molecule has 1 aliphatic rings. The summed E-state index contributed by atoms with van der Waals surface area (Å²) >= 11 is 5.85. The molecule has 0 N–H and O–H groups in total. The smallest absolute Gasteiger partial charge is 0.168 e. The van der Waals surface area contributed by atoms with Crippen LogP contribution >= 0.6 is 11.6 Å². The van der Waals surface area contributed by atoms with Gasteiger partial charge in [0.2, 0.25) is 0 Å². The van der Waals surface area contributed by atoms with E-state index in [4.69, 9.17) is 11.6 Å². The minimum absolute atomic E-state index is 0.680. The lowest BCUT2D eigenvalue weighted by atomic mass is 10.2. The van der Waals surface area contributed by atoms with E-state index in [1.165, 1.54) is 0 Å². The van der Waals surface area contributed by atoms with E-state index < -0.39 is 0 Å². The van der Waals surface area contributed by atoms with Gasteiger partial charge in [-0.15, -0.1) is 0 Å². The Morgan fingerprint density at radius 3 is 2.71 bits per heavy atom. The molecule has 0 aliphatic heterocycles. The van der Waals surface area contributed by atoms with E-state index in [0.717, 1.165) is 42.5 Å². The molecule has 0 atom stereocenters. The van der Waals surface area contributed by atoms with Gasteiger partial charge >= 0.3 is 0 Å². The van der Waals surface area contributed by atoms with Crippen LogP contribution in [0.3, 0.4) is 0 Å². The second kappa shape index (κ2) is 4.00. The normalized spacial score (nSPS) is 13.7. The van der Waals surface area contributed by atoms with Gasteiger partial charge in [0.1, 0.15) is 5.69 Å². The van der Waals surface area contributed by atoms with Gasteiger partial charge in [-0.2, -0.15) is 5.10 Å². The average Bonchev–Trinajstić information content (AvgIpc) is 2.89. The van der Waals surface area contributed by atoms with Gasteiger partial charge in [0.05, 0.1) is 11.4 Å². The van der Waals surface area contributed by atoms with Crippen molar-refractivity contribution in [3.8, 4) is 5.69 Å². The molecule has 1 heterocycles. The van der Waals surface area contributed by atoms with E-state index in [1.807, 2.05) is 12.1 Å². The zero-order chi connectivity index (χ0) is 11.8. The van der Waals surface area contributed by atoms with Gasteiger partial charge in [0.15, 0.2) is 6.29 Å². The molecule has 17 heavy (non-hydrogen) atoms. The molecule has 3 nitrogen and oxygen atoms in total. The number of hydrogen-bond acceptors (Lipinski definition) is 2. The maximum atomic E-state index is 11.2. The van der Waals surface area contributed by atoms with Gasteiger partial charge in [-0.3, -0.25) is 4.79 Å². The van der Waals surface area contributed by atoms with E-state index in [1.54, 1.807) is 16.8 Å². The quantitative estimate of drug-likeness (QED) is 0.764. The van der Waals surface area contributed by atoms with E-state index in [9.17, 15) is 4.79 Å². The summed E-state index contributed by atoms with van der Waals surface area (Å²) in [4.78, 5) is 11.2. The van der Waals surface area contributed by atoms with Crippen LogP contribution in [0.5, 0.6) is 0 Å². The molecule has 0 saturated carbocycles. The summed E-state index contributed by atoms with van der Waals surface area (Å²) in [6.07, 6.45) is 3.92. The molecule has 1 aromatic heterocycles. The molecule has 0 unspecified atom stereocenters. The fraction of sp³-hybridized carbons (Fsp3) is 0.231. The Kier molecular flexibility index (Phi) is 2.48. The number of fused-ring (bicyclic) bond motifs is 1. The van der Waals surface area contributed by atoms with Crippen LogP contribution in [0.4, 0.5) is 0 Å². The predicted octanol–water partition coefficient (Wildman–Crippen LogP) is 2.83. The molecular weight excluding hydrogens is 236 g/mol. The monoisotopic (exact) mass is 246 g/mol. The van der Waals surface area contributed by atoms with Crippen LogP contribution in [0.25, 0.3) is 5.69 Å². The molecule has 0 spiro atoms. The van der Waals surface area contributed by atoms with E-state index in [0.29, 0.717) is 10.7 Å². The van der Waals surface area contributed by atoms with Crippen molar-refractivity contribution in [3.63, 3.8) is 0 Å². The van der Waals surface area contributed by atoms with Crippen LogP contribution in [-0.2, 0) is 12.8 Å². The van der Waals surface area contributed by atoms with E-state index in [-0.39, 0.29) is 0 Å². The van der Waals surface area contributed by atoms with Gasteiger partial charge in [-0.1, -0.05) is 11.6 Å². The number of halogens is 1. The second-order valence-corrected chi connectivity index (χ2v) is 4.61. The molecule has 0 radical (unpaired) electrons. The molecule has 0 fully saturated rings. The van der Waals surface area contributed by atoms with Crippen molar-refractivity contribution in [2.24, 2.45) is 0 Å². The van der Waals surface area contributed by atoms with Crippen LogP contribution in [-0.4, -0.2) is 16.1 Å². The van der Waals surface area contributed by atoms with Gasteiger partial charge < -0.3 is 0 Å². The van der Waals surface area contributed by atoms with Crippen LogP contribution < -0.4 is 0 Å². The number of benzene rings is 1. The molecule has 1 aromatic carbocycles. The highest BCUT2D eigenvalue weighted by Gasteiger charge is 2.22. The number of carbonyl (C=O) groups is 1. The molecule has 0 amide bonds. The molecule has 0 saturated heterocycles. The fourth-order valence-electron chi connectivity index (χ4n) is 2.32. The predicted molar refractivity (Wildman–Crippen MR) is 66.0 cm³/mol. The van der Waals surface area contributed by atoms with Gasteiger partial charge in [0.25, 0.3) is 0 Å². The largest absolute Gasteiger partial charge is 0.296 e. The Morgan fingerprint density at radius 2 is 2.00 bits per heavy atom. The minimum atomic E-state index is 0.680. The van der Waals surface area contributed by atoms with E-state index >= 15 is 0 Å². The maximum Gasteiger partial charge on any atom is 0.168 e. The number of carbonyl (C=O) groups excluding carboxylic acids is 1. The number of aldehydes is 1. The molecular formula is C13H11ClN2O. The number of aryl methyl sites for hydroxylation is 1. The number of hydrogen-bond donors (Lipinski definition) is 0. The topological polar surface area (TPSA) is 34.9 Å². The van der Waals surface area contributed by atoms with Crippen molar-refractivity contribution >= 4 is 17.9 Å². The number of rotatable bonds is 2. The molecule has 1 aliphatic carbocycles. The Balaban J connectivity index is 2.15. The first-order valence-corrected chi connectivity index (χ1v) is 5.99. The third-order valence-electron chi connectivity index (χ3n) is 3.13. The average molecular weight is 247 g/mol. The molecule has 86 valence electrons. The fourth-order valence-corrected chi connectivity index (χ4v) is 2.44. The first-order valence-electron chi connectivity index (χ1n) is 5.61. The van der Waals surface area contributed by atoms with Crippen LogP contribution in [0.2, 0.25) is 5.02 Å². The van der Waals surface area contributed by atoms with Gasteiger partial charge in [0, 0.05) is 10.6 Å². The first-order chi connectivity index (χ1) is 8.29. The lowest BCUT2D eigenvalue weighted by Crippen LogP contribution is -2.03. The Bertz CT molecular complexity index is 572. The maximum absolute atomic E-state index is 11.2. The highest BCUT2D eigenvalue weighted by atomic mass is 35.5. The van der Waals surface area contributed by atoms with Crippen molar-refractivity contribution in [1.82, 2.24) is 9.78 Å². The third kappa shape index (κ3) is 1.67. The van der Waals surface area contributed by atoms with Gasteiger partial charge in [-0.05, 0) is 43.5 Å². The highest BCUT2D eigenvalue weighted by Crippen LogP contribution is 2.26. The molecule has 3 rings (SSSR count). The summed E-state index contributed by atoms with van der Waals surface area (Å²) in [6.45, 7) is 0. The summed E-state index contributed by atoms with van der Waals surface area (Å²) in [5.74, 6) is 0. The second-order valence-electron chi connectivity index (χ2n) is 4.17. The van der Waals surface area contributed by atoms with Crippen molar-refractivity contribution in [2.75, 3.05) is 0 Å². The summed E-state index contributed by atoms with van der Waals surface area (Å²) in [5.41, 5.74) is 3.72. The summed E-state index contributed by atoms with van der Waals surface area (Å²) in [7, 11) is 0. The Labute approximate surface area is 104 Å². The molecule has 4 heteroatoms. The van der Waals surface area contributed by atoms with E-state index in [2.05, 4.69) is 5.10 Å². The van der Waals surface area contributed by atoms with Crippen LogP contribution in [0.1, 0.15) is 28.2 Å². The minimum Gasteiger partial charge on any atom is -0.296 e. The lowest BCUT2D eigenvalue weighted by Gasteiger charge is -2.04. The highest BCUT2D eigenvalue weighted by molar-refractivity contribution is 6.30. The summed E-state index contributed by atoms with van der Waals surface area (Å²) in [6, 6.07) is 7.35. The SMILES string of the molecule is O=Cc1c2c(nn1-c1ccc(Cl)cc1)CCC2. The molecule has 0 bridgehead atoms. The third-order valence-corrected chi connectivity index (χ3v) is 3.38. The van der Waals surface area contributed by atoms with Crippen LogP contribution in [0, 0.1) is 0 Å². The lowest BCUT2D eigenvalue weighted by molar-refractivity contribution is 0.111.